The van der Waals surface area contributed by atoms with E-state index in [1.807, 2.05) is 20.2 Å². The van der Waals surface area contributed by atoms with Gasteiger partial charge in [0, 0.05) is 25.4 Å². The average Bonchev–Trinajstić information content (AvgIpc) is 2.79. The second-order valence-corrected chi connectivity index (χ2v) is 6.00. The number of aromatic nitrogens is 2. The molecule has 1 amide bonds. The van der Waals surface area contributed by atoms with E-state index < -0.39 is 5.97 Å². The van der Waals surface area contributed by atoms with E-state index in [1.54, 1.807) is 10.8 Å². The van der Waals surface area contributed by atoms with Gasteiger partial charge in [-0.3, -0.25) is 19.2 Å². The number of aliphatic carboxylic acids is 1. The van der Waals surface area contributed by atoms with Crippen molar-refractivity contribution in [3.63, 3.8) is 0 Å². The van der Waals surface area contributed by atoms with Gasteiger partial charge in [-0.05, 0) is 13.0 Å². The normalized spacial score (nSPS) is 17.3. The van der Waals surface area contributed by atoms with Gasteiger partial charge in [0.25, 0.3) is 5.91 Å². The Morgan fingerprint density at radius 1 is 1.60 bits per heavy atom. The Bertz CT molecular complexity index is 621. The Morgan fingerprint density at radius 3 is 2.85 bits per heavy atom. The monoisotopic (exact) mass is 311 g/mol. The van der Waals surface area contributed by atoms with Crippen LogP contribution in [0.5, 0.6) is 0 Å². The van der Waals surface area contributed by atoms with E-state index in [4.69, 9.17) is 17.3 Å². The third-order valence-electron chi connectivity index (χ3n) is 2.76. The molecule has 1 N–H and O–H groups in total. The van der Waals surface area contributed by atoms with Crippen molar-refractivity contribution in [3.8, 4) is 0 Å². The molecule has 6 nitrogen and oxygen atoms in total. The van der Waals surface area contributed by atoms with Crippen LogP contribution in [-0.4, -0.2) is 42.5 Å². The third-order valence-corrected chi connectivity index (χ3v) is 4.14. The molecule has 0 saturated carbocycles. The van der Waals surface area contributed by atoms with Crippen LogP contribution in [0.1, 0.15) is 17.7 Å². The van der Waals surface area contributed by atoms with Crippen molar-refractivity contribution >= 4 is 46.3 Å². The van der Waals surface area contributed by atoms with Crippen LogP contribution in [-0.2, 0) is 16.6 Å². The summed E-state index contributed by atoms with van der Waals surface area (Å²) in [5.74, 6) is -1.20. The summed E-state index contributed by atoms with van der Waals surface area (Å²) in [5, 5.41) is 12.9. The highest BCUT2D eigenvalue weighted by atomic mass is 32.2. The summed E-state index contributed by atoms with van der Waals surface area (Å²) in [6.07, 6.45) is 3.44. The highest BCUT2D eigenvalue weighted by Gasteiger charge is 2.32. The molecule has 0 radical (unpaired) electrons. The van der Waals surface area contributed by atoms with Crippen LogP contribution in [0, 0.1) is 6.92 Å². The smallest absolute Gasteiger partial charge is 0.305 e. The lowest BCUT2D eigenvalue weighted by Crippen LogP contribution is -2.30. The SMILES string of the molecule is Cc1nn(C)cc1/C=C1\SC(=S)N(CCC(=O)O)C1=O. The van der Waals surface area contributed by atoms with Crippen LogP contribution in [0.4, 0.5) is 0 Å². The summed E-state index contributed by atoms with van der Waals surface area (Å²) in [6.45, 7) is 1.96. The van der Waals surface area contributed by atoms with Gasteiger partial charge in [0.2, 0.25) is 0 Å². The fourth-order valence-electron chi connectivity index (χ4n) is 1.80. The number of nitrogens with zero attached hydrogens (tertiary/aromatic N) is 3. The summed E-state index contributed by atoms with van der Waals surface area (Å²) >= 11 is 6.30. The van der Waals surface area contributed by atoms with Crippen molar-refractivity contribution < 1.29 is 14.7 Å². The Labute approximate surface area is 125 Å². The largest absolute Gasteiger partial charge is 0.481 e. The summed E-state index contributed by atoms with van der Waals surface area (Å²) in [4.78, 5) is 24.6. The molecule has 0 bridgehead atoms. The summed E-state index contributed by atoms with van der Waals surface area (Å²) in [6, 6.07) is 0. The molecule has 0 aromatic carbocycles. The van der Waals surface area contributed by atoms with Gasteiger partial charge >= 0.3 is 5.97 Å². The standard InChI is InChI=1S/C12H13N3O3S2/c1-7-8(6-14(2)13-7)5-9-11(18)15(12(19)20-9)4-3-10(16)17/h5-6H,3-4H2,1-2H3,(H,16,17)/b9-5-. The molecule has 2 heterocycles. The lowest BCUT2D eigenvalue weighted by molar-refractivity contribution is -0.137. The molecule has 1 saturated heterocycles. The number of hydrogen-bond acceptors (Lipinski definition) is 5. The predicted octanol–water partition coefficient (Wildman–Crippen LogP) is 1.40. The maximum Gasteiger partial charge on any atom is 0.305 e. The van der Waals surface area contributed by atoms with Crippen molar-refractivity contribution in [2.24, 2.45) is 7.05 Å². The molecule has 0 unspecified atom stereocenters. The number of aryl methyl sites for hydroxylation is 2. The molecule has 1 aliphatic heterocycles. The van der Waals surface area contributed by atoms with E-state index in [1.165, 1.54) is 16.7 Å². The first kappa shape index (κ1) is 14.7. The van der Waals surface area contributed by atoms with Gasteiger partial charge in [0.1, 0.15) is 4.32 Å². The first-order valence-corrected chi connectivity index (χ1v) is 7.08. The molecule has 106 valence electrons. The van der Waals surface area contributed by atoms with Gasteiger partial charge in [-0.15, -0.1) is 0 Å². The first-order chi connectivity index (χ1) is 9.38. The van der Waals surface area contributed by atoms with E-state index in [9.17, 15) is 9.59 Å². The molecule has 0 spiro atoms. The van der Waals surface area contributed by atoms with Gasteiger partial charge in [-0.1, -0.05) is 24.0 Å². The number of hydrogen-bond donors (Lipinski definition) is 1. The van der Waals surface area contributed by atoms with Crippen molar-refractivity contribution in [2.75, 3.05) is 6.54 Å². The van der Waals surface area contributed by atoms with E-state index >= 15 is 0 Å². The zero-order valence-corrected chi connectivity index (χ0v) is 12.6. The fourth-order valence-corrected chi connectivity index (χ4v) is 3.10. The second kappa shape index (κ2) is 5.76. The topological polar surface area (TPSA) is 75.4 Å². The number of thioether (sulfide) groups is 1. The van der Waals surface area contributed by atoms with Crippen LogP contribution >= 0.6 is 24.0 Å². The van der Waals surface area contributed by atoms with Crippen molar-refractivity contribution in [2.45, 2.75) is 13.3 Å². The second-order valence-electron chi connectivity index (χ2n) is 4.32. The molecular formula is C12H13N3O3S2. The molecular weight excluding hydrogens is 298 g/mol. The third kappa shape index (κ3) is 3.07. The van der Waals surface area contributed by atoms with Crippen LogP contribution in [0.25, 0.3) is 6.08 Å². The Kier molecular flexibility index (Phi) is 4.24. The van der Waals surface area contributed by atoms with Gasteiger partial charge in [-0.2, -0.15) is 5.10 Å². The maximum absolute atomic E-state index is 12.2. The minimum absolute atomic E-state index is 0.101. The first-order valence-electron chi connectivity index (χ1n) is 5.86. The number of carbonyl (C=O) groups excluding carboxylic acids is 1. The van der Waals surface area contributed by atoms with Crippen molar-refractivity contribution in [1.82, 2.24) is 14.7 Å². The van der Waals surface area contributed by atoms with Gasteiger partial charge in [0.15, 0.2) is 0 Å². The predicted molar refractivity (Wildman–Crippen MR) is 80.1 cm³/mol. The zero-order chi connectivity index (χ0) is 14.9. The van der Waals surface area contributed by atoms with E-state index in [0.717, 1.165) is 11.3 Å². The number of rotatable bonds is 4. The maximum atomic E-state index is 12.2. The molecule has 1 aromatic rings. The number of carboxylic acids is 1. The van der Waals surface area contributed by atoms with E-state index in [0.29, 0.717) is 9.23 Å². The van der Waals surface area contributed by atoms with Crippen LogP contribution in [0.2, 0.25) is 0 Å². The Balaban J connectivity index is 2.19. The summed E-state index contributed by atoms with van der Waals surface area (Å²) < 4.78 is 2.07. The molecule has 1 aromatic heterocycles. The zero-order valence-electron chi connectivity index (χ0n) is 11.0. The molecule has 0 atom stereocenters. The van der Waals surface area contributed by atoms with Crippen LogP contribution < -0.4 is 0 Å². The molecule has 20 heavy (non-hydrogen) atoms. The lowest BCUT2D eigenvalue weighted by atomic mass is 10.2. The number of thiocarbonyl (C=S) groups is 1. The van der Waals surface area contributed by atoms with Gasteiger partial charge in [-0.25, -0.2) is 0 Å². The summed E-state index contributed by atoms with van der Waals surface area (Å²) in [7, 11) is 1.81. The van der Waals surface area contributed by atoms with Gasteiger partial charge < -0.3 is 5.11 Å². The number of amides is 1. The van der Waals surface area contributed by atoms with E-state index in [-0.39, 0.29) is 18.9 Å². The number of carboxylic acid groups (broad SMARTS) is 1. The highest BCUT2D eigenvalue weighted by Crippen LogP contribution is 2.32. The fraction of sp³-hybridized carbons (Fsp3) is 0.333. The lowest BCUT2D eigenvalue weighted by Gasteiger charge is -2.12. The van der Waals surface area contributed by atoms with Crippen molar-refractivity contribution in [1.29, 1.82) is 0 Å². The van der Waals surface area contributed by atoms with Crippen LogP contribution in [0.15, 0.2) is 11.1 Å². The summed E-state index contributed by atoms with van der Waals surface area (Å²) in [5.41, 5.74) is 1.68. The van der Waals surface area contributed by atoms with Crippen molar-refractivity contribution in [3.05, 3.63) is 22.4 Å². The molecule has 2 rings (SSSR count). The quantitative estimate of drug-likeness (QED) is 0.669. The number of carbonyl (C=O) groups is 2. The average molecular weight is 311 g/mol. The minimum Gasteiger partial charge on any atom is -0.481 e. The van der Waals surface area contributed by atoms with Gasteiger partial charge in [0.05, 0.1) is 17.0 Å². The molecule has 0 aliphatic carbocycles. The molecule has 1 aliphatic rings. The Morgan fingerprint density at radius 2 is 2.30 bits per heavy atom. The Hall–Kier alpha value is -1.67. The molecule has 8 heteroatoms. The van der Waals surface area contributed by atoms with E-state index in [2.05, 4.69) is 5.10 Å². The van der Waals surface area contributed by atoms with Crippen LogP contribution in [0.3, 0.4) is 0 Å². The molecule has 1 fully saturated rings. The highest BCUT2D eigenvalue weighted by molar-refractivity contribution is 8.26. The minimum atomic E-state index is -0.953.